The molecule has 0 bridgehead atoms. The second-order valence-electron chi connectivity index (χ2n) is 12.3. The molecule has 1 atom stereocenters. The Morgan fingerprint density at radius 2 is 0.905 bits per heavy atom. The molecule has 6 aromatic carbocycles. The van der Waals surface area contributed by atoms with Gasteiger partial charge < -0.3 is 4.90 Å². The molecule has 1 nitrogen and oxygen atoms in total. The van der Waals surface area contributed by atoms with E-state index in [1.54, 1.807) is 0 Å². The summed E-state index contributed by atoms with van der Waals surface area (Å²) in [6.45, 7) is 4.68. The molecule has 0 aromatic heterocycles. The summed E-state index contributed by atoms with van der Waals surface area (Å²) >= 11 is 6.77. The Bertz CT molecular complexity index is 2040. The summed E-state index contributed by atoms with van der Waals surface area (Å²) in [4.78, 5) is 2.46. The molecule has 0 saturated heterocycles. The highest BCUT2D eigenvalue weighted by Crippen LogP contribution is 2.64. The monoisotopic (exact) mass is 557 g/mol. The van der Waals surface area contributed by atoms with E-state index in [2.05, 4.69) is 146 Å². The third kappa shape index (κ3) is 2.84. The average Bonchev–Trinajstić information content (AvgIpc) is 3.48. The molecule has 42 heavy (non-hydrogen) atoms. The van der Waals surface area contributed by atoms with Crippen molar-refractivity contribution in [1.82, 2.24) is 0 Å². The van der Waals surface area contributed by atoms with Gasteiger partial charge in [-0.25, -0.2) is 0 Å². The van der Waals surface area contributed by atoms with Gasteiger partial charge in [0.1, 0.15) is 0 Å². The fourth-order valence-electron chi connectivity index (χ4n) is 8.19. The largest absolute Gasteiger partial charge is 0.310 e. The van der Waals surface area contributed by atoms with Gasteiger partial charge in [0.15, 0.2) is 0 Å². The van der Waals surface area contributed by atoms with Crippen molar-refractivity contribution in [3.63, 3.8) is 0 Å². The Morgan fingerprint density at radius 3 is 1.50 bits per heavy atom. The number of para-hydroxylation sites is 2. The van der Waals surface area contributed by atoms with Crippen LogP contribution in [0.25, 0.3) is 22.3 Å². The van der Waals surface area contributed by atoms with E-state index in [0.29, 0.717) is 0 Å². The lowest BCUT2D eigenvalue weighted by Gasteiger charge is -2.42. The Kier molecular flexibility index (Phi) is 4.72. The van der Waals surface area contributed by atoms with E-state index in [4.69, 9.17) is 11.6 Å². The molecule has 1 unspecified atom stereocenters. The maximum absolute atomic E-state index is 6.77. The summed E-state index contributed by atoms with van der Waals surface area (Å²) in [7, 11) is 0. The normalized spacial score (nSPS) is 18.1. The number of fused-ring (bicyclic) bond motifs is 12. The molecule has 1 heterocycles. The zero-order valence-corrected chi connectivity index (χ0v) is 24.3. The second-order valence-corrected chi connectivity index (χ2v) is 12.7. The molecule has 0 saturated carbocycles. The van der Waals surface area contributed by atoms with Crippen LogP contribution in [0.5, 0.6) is 0 Å². The molecule has 2 heteroatoms. The molecule has 2 aliphatic carbocycles. The van der Waals surface area contributed by atoms with Crippen molar-refractivity contribution in [2.24, 2.45) is 0 Å². The van der Waals surface area contributed by atoms with E-state index < -0.39 is 5.41 Å². The predicted molar refractivity (Wildman–Crippen MR) is 175 cm³/mol. The summed E-state index contributed by atoms with van der Waals surface area (Å²) in [6, 6.07) is 49.1. The molecule has 3 aliphatic rings. The number of halogens is 1. The summed E-state index contributed by atoms with van der Waals surface area (Å²) in [6.07, 6.45) is 0. The van der Waals surface area contributed by atoms with Crippen molar-refractivity contribution in [2.45, 2.75) is 24.7 Å². The highest BCUT2D eigenvalue weighted by Gasteiger charge is 2.52. The first kappa shape index (κ1) is 24.1. The lowest BCUT2D eigenvalue weighted by Crippen LogP contribution is -2.31. The molecule has 1 aliphatic heterocycles. The number of hydrogen-bond acceptors (Lipinski definition) is 1. The highest BCUT2D eigenvalue weighted by atomic mass is 35.5. The van der Waals surface area contributed by atoms with Gasteiger partial charge in [-0.15, -0.1) is 0 Å². The molecule has 1 spiro atoms. The van der Waals surface area contributed by atoms with Crippen LogP contribution in [-0.2, 0) is 10.8 Å². The number of nitrogens with zero attached hydrogens (tertiary/aromatic N) is 1. The number of rotatable bonds is 1. The van der Waals surface area contributed by atoms with Crippen LogP contribution in [0.1, 0.15) is 47.2 Å². The smallest absolute Gasteiger partial charge is 0.0726 e. The van der Waals surface area contributed by atoms with Crippen LogP contribution in [0.15, 0.2) is 133 Å². The quantitative estimate of drug-likeness (QED) is 0.194. The summed E-state index contributed by atoms with van der Waals surface area (Å²) in [5.41, 5.74) is 16.1. The first-order chi connectivity index (χ1) is 20.5. The van der Waals surface area contributed by atoms with Crippen molar-refractivity contribution in [1.29, 1.82) is 0 Å². The van der Waals surface area contributed by atoms with E-state index in [-0.39, 0.29) is 5.41 Å². The van der Waals surface area contributed by atoms with E-state index in [9.17, 15) is 0 Å². The van der Waals surface area contributed by atoms with E-state index >= 15 is 0 Å². The fraction of sp³-hybridized carbons (Fsp3) is 0.100. The minimum Gasteiger partial charge on any atom is -0.310 e. The van der Waals surface area contributed by atoms with Gasteiger partial charge >= 0.3 is 0 Å². The minimum absolute atomic E-state index is 0.0993. The first-order valence-corrected chi connectivity index (χ1v) is 15.0. The van der Waals surface area contributed by atoms with Gasteiger partial charge in [-0.3, -0.25) is 0 Å². The Labute approximate surface area is 251 Å². The van der Waals surface area contributed by atoms with Crippen LogP contribution >= 0.6 is 11.6 Å². The van der Waals surface area contributed by atoms with Gasteiger partial charge in [0.25, 0.3) is 0 Å². The summed E-state index contributed by atoms with van der Waals surface area (Å²) in [5, 5.41) is 0.768. The number of hydrogen-bond donors (Lipinski definition) is 0. The molecule has 200 valence electrons. The first-order valence-electron chi connectivity index (χ1n) is 14.6. The third-order valence-corrected chi connectivity index (χ3v) is 10.2. The van der Waals surface area contributed by atoms with Crippen LogP contribution < -0.4 is 4.90 Å². The van der Waals surface area contributed by atoms with Crippen LogP contribution in [0.3, 0.4) is 0 Å². The zero-order valence-electron chi connectivity index (χ0n) is 23.5. The Balaban J connectivity index is 1.38. The standard InChI is InChI=1S/C40H28ClN/c1-39(2)33-15-7-9-17-37(33)42(38-18-10-8-16-34(38)39)26-20-22-30-28-12-4-6-14-32(28)40(36(30)24-26)31-13-5-3-11-27(31)29-21-19-25(41)23-35(29)40/h3-24H,1-2H3. The van der Waals surface area contributed by atoms with Crippen LogP contribution in [0.2, 0.25) is 5.02 Å². The van der Waals surface area contributed by atoms with Gasteiger partial charge in [-0.1, -0.05) is 123 Å². The van der Waals surface area contributed by atoms with E-state index in [0.717, 1.165) is 5.02 Å². The minimum atomic E-state index is -0.438. The van der Waals surface area contributed by atoms with Gasteiger partial charge in [0.2, 0.25) is 0 Å². The molecular formula is C40H28ClN. The van der Waals surface area contributed by atoms with Crippen molar-refractivity contribution in [3.8, 4) is 22.3 Å². The van der Waals surface area contributed by atoms with Crippen molar-refractivity contribution in [2.75, 3.05) is 4.90 Å². The third-order valence-electron chi connectivity index (χ3n) is 9.93. The maximum Gasteiger partial charge on any atom is 0.0726 e. The SMILES string of the molecule is CC1(C)c2ccccc2N(c2ccc3c(c2)C2(c4ccccc4-c4ccc(Cl)cc42)c2ccccc2-3)c2ccccc21. The lowest BCUT2D eigenvalue weighted by molar-refractivity contribution is 0.632. The molecule has 0 amide bonds. The van der Waals surface area contributed by atoms with E-state index in [1.807, 2.05) is 6.07 Å². The number of benzene rings is 6. The highest BCUT2D eigenvalue weighted by molar-refractivity contribution is 6.30. The van der Waals surface area contributed by atoms with Gasteiger partial charge in [0, 0.05) is 16.1 Å². The molecule has 0 N–H and O–H groups in total. The van der Waals surface area contributed by atoms with Crippen molar-refractivity contribution < 1.29 is 0 Å². The topological polar surface area (TPSA) is 3.24 Å². The van der Waals surface area contributed by atoms with Crippen LogP contribution in [0, 0.1) is 0 Å². The molecule has 9 rings (SSSR count). The van der Waals surface area contributed by atoms with Crippen molar-refractivity contribution >= 4 is 28.7 Å². The summed E-state index contributed by atoms with van der Waals surface area (Å²) in [5.74, 6) is 0. The van der Waals surface area contributed by atoms with Gasteiger partial charge in [-0.05, 0) is 92.0 Å². The predicted octanol–water partition coefficient (Wildman–Crippen LogP) is 10.8. The van der Waals surface area contributed by atoms with Crippen LogP contribution in [0.4, 0.5) is 17.1 Å². The molecule has 0 fully saturated rings. The van der Waals surface area contributed by atoms with Gasteiger partial charge in [-0.2, -0.15) is 0 Å². The number of anilines is 3. The van der Waals surface area contributed by atoms with Crippen molar-refractivity contribution in [3.05, 3.63) is 172 Å². The van der Waals surface area contributed by atoms with E-state index in [1.165, 1.54) is 72.7 Å². The zero-order chi connectivity index (χ0) is 28.2. The van der Waals surface area contributed by atoms with Crippen LogP contribution in [-0.4, -0.2) is 0 Å². The second kappa shape index (κ2) is 8.25. The Morgan fingerprint density at radius 1 is 0.452 bits per heavy atom. The van der Waals surface area contributed by atoms with Gasteiger partial charge in [0.05, 0.1) is 16.8 Å². The molecule has 0 radical (unpaired) electrons. The molecular weight excluding hydrogens is 530 g/mol. The average molecular weight is 558 g/mol. The Hall–Kier alpha value is -4.59. The summed E-state index contributed by atoms with van der Waals surface area (Å²) < 4.78 is 0. The maximum atomic E-state index is 6.77. The lowest BCUT2D eigenvalue weighted by atomic mass is 9.70. The molecule has 6 aromatic rings. The fourth-order valence-corrected chi connectivity index (χ4v) is 8.36.